The van der Waals surface area contributed by atoms with Crippen LogP contribution in [0, 0.1) is 19.3 Å². The third kappa shape index (κ3) is 6.09. The number of nitrogens with one attached hydrogen (secondary N) is 1. The molecule has 0 spiro atoms. The van der Waals surface area contributed by atoms with Gasteiger partial charge in [0.1, 0.15) is 0 Å². The van der Waals surface area contributed by atoms with Crippen molar-refractivity contribution in [3.63, 3.8) is 0 Å². The van der Waals surface area contributed by atoms with Crippen molar-refractivity contribution in [2.24, 2.45) is 5.41 Å². The Labute approximate surface area is 131 Å². The minimum Gasteiger partial charge on any atom is -0.375 e. The molecule has 1 unspecified atom stereocenters. The van der Waals surface area contributed by atoms with E-state index >= 15 is 0 Å². The molecule has 0 amide bonds. The molecule has 1 atom stereocenters. The van der Waals surface area contributed by atoms with Crippen LogP contribution in [0.15, 0.2) is 18.2 Å². The molecule has 2 nitrogen and oxygen atoms in total. The topological polar surface area (TPSA) is 15.3 Å². The maximum atomic E-state index is 3.71. The van der Waals surface area contributed by atoms with Crippen LogP contribution in [0.4, 0.5) is 5.69 Å². The lowest BCUT2D eigenvalue weighted by Gasteiger charge is -2.33. The van der Waals surface area contributed by atoms with Crippen LogP contribution in [-0.4, -0.2) is 26.2 Å². The summed E-state index contributed by atoms with van der Waals surface area (Å²) in [4.78, 5) is 2.38. The molecule has 0 saturated heterocycles. The molecular weight excluding hydrogens is 256 g/mol. The zero-order valence-corrected chi connectivity index (χ0v) is 15.1. The van der Waals surface area contributed by atoms with Gasteiger partial charge in [-0.3, -0.25) is 0 Å². The van der Waals surface area contributed by atoms with Crippen molar-refractivity contribution in [3.05, 3.63) is 29.3 Å². The summed E-state index contributed by atoms with van der Waals surface area (Å²) in [7, 11) is 2.20. The lowest BCUT2D eigenvalue weighted by molar-refractivity contribution is 0.257. The number of benzene rings is 1. The molecular formula is C19H34N2. The van der Waals surface area contributed by atoms with E-state index in [9.17, 15) is 0 Å². The Bertz CT molecular complexity index is 411. The number of hydrogen-bond donors (Lipinski definition) is 1. The van der Waals surface area contributed by atoms with Crippen LogP contribution in [0.1, 0.15) is 51.7 Å². The maximum absolute atomic E-state index is 3.71. The fourth-order valence-corrected chi connectivity index (χ4v) is 2.78. The second kappa shape index (κ2) is 7.84. The molecule has 1 rings (SSSR count). The van der Waals surface area contributed by atoms with Crippen molar-refractivity contribution in [2.45, 2.75) is 60.4 Å². The molecule has 0 heterocycles. The van der Waals surface area contributed by atoms with E-state index in [-0.39, 0.29) is 0 Å². The van der Waals surface area contributed by atoms with Crippen LogP contribution in [0.3, 0.4) is 0 Å². The first-order chi connectivity index (χ1) is 9.74. The van der Waals surface area contributed by atoms with Crippen LogP contribution >= 0.6 is 0 Å². The fourth-order valence-electron chi connectivity index (χ4n) is 2.78. The van der Waals surface area contributed by atoms with Crippen molar-refractivity contribution in [2.75, 3.05) is 25.0 Å². The molecule has 21 heavy (non-hydrogen) atoms. The number of rotatable bonds is 7. The van der Waals surface area contributed by atoms with Gasteiger partial charge in [-0.25, -0.2) is 0 Å². The second-order valence-electron chi connectivity index (χ2n) is 7.43. The Morgan fingerprint density at radius 2 is 1.67 bits per heavy atom. The van der Waals surface area contributed by atoms with Gasteiger partial charge in [0.15, 0.2) is 0 Å². The van der Waals surface area contributed by atoms with Crippen molar-refractivity contribution in [1.29, 1.82) is 0 Å². The number of hydrogen-bond acceptors (Lipinski definition) is 2. The van der Waals surface area contributed by atoms with Crippen molar-refractivity contribution in [3.8, 4) is 0 Å². The van der Waals surface area contributed by atoms with Crippen molar-refractivity contribution < 1.29 is 0 Å². The highest BCUT2D eigenvalue weighted by molar-refractivity contribution is 5.50. The normalized spacial score (nSPS) is 13.3. The molecule has 1 aromatic rings. The molecule has 0 radical (unpaired) electrons. The first kappa shape index (κ1) is 18.0. The Hall–Kier alpha value is -1.02. The molecule has 0 aliphatic heterocycles. The van der Waals surface area contributed by atoms with Gasteiger partial charge in [0.2, 0.25) is 0 Å². The maximum Gasteiger partial charge on any atom is 0.0368 e. The number of anilines is 1. The van der Waals surface area contributed by atoms with Crippen LogP contribution in [-0.2, 0) is 0 Å². The molecule has 0 saturated carbocycles. The average molecular weight is 290 g/mol. The van der Waals surface area contributed by atoms with Gasteiger partial charge in [-0.15, -0.1) is 0 Å². The minimum absolute atomic E-state index is 0.304. The van der Waals surface area contributed by atoms with E-state index < -0.39 is 0 Å². The molecule has 1 N–H and O–H groups in total. The first-order valence-corrected chi connectivity index (χ1v) is 8.27. The monoisotopic (exact) mass is 290 g/mol. The summed E-state index contributed by atoms with van der Waals surface area (Å²) in [5.74, 6) is 0. The number of nitrogens with zero attached hydrogens (tertiary/aromatic N) is 1. The highest BCUT2D eigenvalue weighted by Gasteiger charge is 2.23. The molecule has 0 aromatic heterocycles. The van der Waals surface area contributed by atoms with E-state index in [0.717, 1.165) is 13.1 Å². The van der Waals surface area contributed by atoms with Crippen LogP contribution in [0.2, 0.25) is 0 Å². The van der Waals surface area contributed by atoms with Crippen LogP contribution in [0.25, 0.3) is 0 Å². The van der Waals surface area contributed by atoms with E-state index in [0.29, 0.717) is 11.5 Å². The smallest absolute Gasteiger partial charge is 0.0368 e. The predicted molar refractivity (Wildman–Crippen MR) is 95.3 cm³/mol. The summed E-state index contributed by atoms with van der Waals surface area (Å²) in [6.45, 7) is 15.8. The zero-order chi connectivity index (χ0) is 16.0. The Balaban J connectivity index is 2.66. The Morgan fingerprint density at radius 1 is 1.10 bits per heavy atom. The lowest BCUT2D eigenvalue weighted by atomic mass is 9.84. The molecule has 0 aliphatic rings. The molecule has 0 bridgehead atoms. The van der Waals surface area contributed by atoms with Gasteiger partial charge >= 0.3 is 0 Å². The Kier molecular flexibility index (Phi) is 6.73. The average Bonchev–Trinajstić information content (AvgIpc) is 2.35. The fraction of sp³-hybridized carbons (Fsp3) is 0.684. The van der Waals surface area contributed by atoms with Gasteiger partial charge in [0, 0.05) is 25.3 Å². The SMILES string of the molecule is CCCNC(CCN(C)c1cc(C)cc(C)c1)C(C)(C)C. The second-order valence-corrected chi connectivity index (χ2v) is 7.43. The lowest BCUT2D eigenvalue weighted by Crippen LogP contribution is -2.42. The summed E-state index contributed by atoms with van der Waals surface area (Å²) in [6, 6.07) is 7.35. The number of aryl methyl sites for hydroxylation is 2. The van der Waals surface area contributed by atoms with Gasteiger partial charge in [-0.05, 0) is 61.9 Å². The quantitative estimate of drug-likeness (QED) is 0.793. The summed E-state index contributed by atoms with van der Waals surface area (Å²) in [6.07, 6.45) is 2.37. The third-order valence-corrected chi connectivity index (χ3v) is 4.09. The summed E-state index contributed by atoms with van der Waals surface area (Å²) in [5.41, 5.74) is 4.32. The molecule has 1 aromatic carbocycles. The third-order valence-electron chi connectivity index (χ3n) is 4.09. The minimum atomic E-state index is 0.304. The van der Waals surface area contributed by atoms with Gasteiger partial charge < -0.3 is 10.2 Å². The van der Waals surface area contributed by atoms with Crippen molar-refractivity contribution in [1.82, 2.24) is 5.32 Å². The summed E-state index contributed by atoms with van der Waals surface area (Å²) < 4.78 is 0. The standard InChI is InChI=1S/C19H34N2/c1-8-10-20-18(19(4,5)6)9-11-21(7)17-13-15(2)12-16(3)14-17/h12-14,18,20H,8-11H2,1-7H3. The van der Waals surface area contributed by atoms with Gasteiger partial charge in [0.25, 0.3) is 0 Å². The summed E-state index contributed by atoms with van der Waals surface area (Å²) in [5, 5.41) is 3.71. The predicted octanol–water partition coefficient (Wildman–Crippen LogP) is 4.54. The van der Waals surface area contributed by atoms with Crippen LogP contribution in [0.5, 0.6) is 0 Å². The van der Waals surface area contributed by atoms with Gasteiger partial charge in [-0.2, -0.15) is 0 Å². The van der Waals surface area contributed by atoms with E-state index in [2.05, 4.69) is 77.0 Å². The van der Waals surface area contributed by atoms with Crippen LogP contribution < -0.4 is 10.2 Å². The van der Waals surface area contributed by atoms with E-state index in [1.165, 1.54) is 29.7 Å². The molecule has 2 heteroatoms. The Morgan fingerprint density at radius 3 is 2.14 bits per heavy atom. The van der Waals surface area contributed by atoms with Gasteiger partial charge in [-0.1, -0.05) is 33.8 Å². The largest absolute Gasteiger partial charge is 0.375 e. The van der Waals surface area contributed by atoms with E-state index in [4.69, 9.17) is 0 Å². The van der Waals surface area contributed by atoms with Crippen molar-refractivity contribution >= 4 is 5.69 Å². The first-order valence-electron chi connectivity index (χ1n) is 8.27. The highest BCUT2D eigenvalue weighted by Crippen LogP contribution is 2.24. The van der Waals surface area contributed by atoms with E-state index in [1.54, 1.807) is 0 Å². The zero-order valence-electron chi connectivity index (χ0n) is 15.1. The molecule has 0 aliphatic carbocycles. The summed E-state index contributed by atoms with van der Waals surface area (Å²) >= 11 is 0. The van der Waals surface area contributed by atoms with Gasteiger partial charge in [0.05, 0.1) is 0 Å². The molecule has 120 valence electrons. The molecule has 0 fully saturated rings. The van der Waals surface area contributed by atoms with E-state index in [1.807, 2.05) is 0 Å². The highest BCUT2D eigenvalue weighted by atomic mass is 15.1.